The number of thiophene rings is 1. The molecule has 1 atom stereocenters. The number of rotatable bonds is 8. The number of hydrogen-bond acceptors (Lipinski definition) is 7. The van der Waals surface area contributed by atoms with Crippen LogP contribution in [0.1, 0.15) is 41.0 Å². The first-order chi connectivity index (χ1) is 14.4. The number of nitrogens with zero attached hydrogens (tertiary/aromatic N) is 2. The molecule has 1 aromatic heterocycles. The number of carbonyl (C=O) groups excluding carboxylic acids is 1. The maximum atomic E-state index is 12.9. The molecule has 9 heteroatoms. The Morgan fingerprint density at radius 1 is 1.30 bits per heavy atom. The van der Waals surface area contributed by atoms with E-state index in [1.54, 1.807) is 11.3 Å². The SMILES string of the molecule is COc1cc(C(=O)NCC(c2cccs2)N2CCC(C)CC2)c([N+](=O)[O-])cc1OC. The first-order valence-electron chi connectivity index (χ1n) is 9.90. The Labute approximate surface area is 179 Å². The van der Waals surface area contributed by atoms with E-state index < -0.39 is 10.8 Å². The molecule has 1 amide bonds. The normalized spacial score (nSPS) is 16.1. The minimum Gasteiger partial charge on any atom is -0.493 e. The molecule has 162 valence electrons. The van der Waals surface area contributed by atoms with Crippen molar-refractivity contribution in [2.45, 2.75) is 25.8 Å². The molecule has 0 aliphatic carbocycles. The fourth-order valence-corrected chi connectivity index (χ4v) is 4.58. The number of nitro benzene ring substituents is 1. The van der Waals surface area contributed by atoms with Gasteiger partial charge in [0.15, 0.2) is 11.5 Å². The molecule has 0 spiro atoms. The number of piperidine rings is 1. The summed E-state index contributed by atoms with van der Waals surface area (Å²) in [6.45, 7) is 4.57. The van der Waals surface area contributed by atoms with Crippen molar-refractivity contribution in [3.05, 3.63) is 50.2 Å². The molecule has 2 heterocycles. The van der Waals surface area contributed by atoms with Gasteiger partial charge in [0.2, 0.25) is 0 Å². The predicted molar refractivity (Wildman–Crippen MR) is 116 cm³/mol. The highest BCUT2D eigenvalue weighted by Gasteiger charge is 2.28. The molecule has 1 saturated heterocycles. The van der Waals surface area contributed by atoms with Gasteiger partial charge in [-0.2, -0.15) is 0 Å². The Kier molecular flexibility index (Phi) is 7.28. The molecule has 0 radical (unpaired) electrons. The van der Waals surface area contributed by atoms with Crippen LogP contribution in [0, 0.1) is 16.0 Å². The molecule has 2 aromatic rings. The van der Waals surface area contributed by atoms with Crippen LogP contribution in [0.3, 0.4) is 0 Å². The number of nitrogens with one attached hydrogen (secondary N) is 1. The molecule has 3 rings (SSSR count). The van der Waals surface area contributed by atoms with Crippen molar-refractivity contribution >= 4 is 22.9 Å². The van der Waals surface area contributed by atoms with Crippen LogP contribution >= 0.6 is 11.3 Å². The summed E-state index contributed by atoms with van der Waals surface area (Å²) < 4.78 is 10.3. The summed E-state index contributed by atoms with van der Waals surface area (Å²) >= 11 is 1.65. The van der Waals surface area contributed by atoms with Crippen LogP contribution < -0.4 is 14.8 Å². The van der Waals surface area contributed by atoms with E-state index in [9.17, 15) is 14.9 Å². The Morgan fingerprint density at radius 3 is 2.53 bits per heavy atom. The van der Waals surface area contributed by atoms with E-state index in [0.29, 0.717) is 12.5 Å². The van der Waals surface area contributed by atoms with Crippen molar-refractivity contribution in [3.63, 3.8) is 0 Å². The van der Waals surface area contributed by atoms with Gasteiger partial charge in [0.1, 0.15) is 5.56 Å². The lowest BCUT2D eigenvalue weighted by atomic mass is 9.97. The second kappa shape index (κ2) is 9.90. The van der Waals surface area contributed by atoms with Crippen molar-refractivity contribution in [1.29, 1.82) is 0 Å². The van der Waals surface area contributed by atoms with E-state index in [4.69, 9.17) is 9.47 Å². The predicted octanol–water partition coefficient (Wildman–Crippen LogP) is 3.88. The zero-order chi connectivity index (χ0) is 21.7. The molecule has 8 nitrogen and oxygen atoms in total. The summed E-state index contributed by atoms with van der Waals surface area (Å²) in [4.78, 5) is 27.4. The third-order valence-corrected chi connectivity index (χ3v) is 6.50. The van der Waals surface area contributed by atoms with Crippen LogP contribution in [0.4, 0.5) is 5.69 Å². The average molecular weight is 434 g/mol. The summed E-state index contributed by atoms with van der Waals surface area (Å²) in [5.41, 5.74) is -0.362. The van der Waals surface area contributed by atoms with Gasteiger partial charge in [-0.05, 0) is 43.3 Å². The number of benzene rings is 1. The van der Waals surface area contributed by atoms with Crippen LogP contribution in [-0.2, 0) is 0 Å². The highest BCUT2D eigenvalue weighted by atomic mass is 32.1. The number of amides is 1. The second-order valence-electron chi connectivity index (χ2n) is 7.44. The Morgan fingerprint density at radius 2 is 1.97 bits per heavy atom. The lowest BCUT2D eigenvalue weighted by Crippen LogP contribution is -2.41. The Hall–Kier alpha value is -2.65. The van der Waals surface area contributed by atoms with Gasteiger partial charge in [-0.25, -0.2) is 0 Å². The molecule has 1 aliphatic rings. The molecule has 1 aromatic carbocycles. The van der Waals surface area contributed by atoms with E-state index in [1.165, 1.54) is 31.2 Å². The van der Waals surface area contributed by atoms with Crippen molar-refractivity contribution in [2.75, 3.05) is 33.9 Å². The second-order valence-corrected chi connectivity index (χ2v) is 8.42. The van der Waals surface area contributed by atoms with Crippen molar-refractivity contribution < 1.29 is 19.2 Å². The number of methoxy groups -OCH3 is 2. The van der Waals surface area contributed by atoms with Gasteiger partial charge in [-0.15, -0.1) is 11.3 Å². The molecule has 30 heavy (non-hydrogen) atoms. The maximum absolute atomic E-state index is 12.9. The van der Waals surface area contributed by atoms with Gasteiger partial charge >= 0.3 is 0 Å². The highest BCUT2D eigenvalue weighted by Crippen LogP contribution is 2.35. The van der Waals surface area contributed by atoms with Gasteiger partial charge in [0.25, 0.3) is 11.6 Å². The molecular formula is C21H27N3O5S. The van der Waals surface area contributed by atoms with Crippen LogP contribution in [0.15, 0.2) is 29.6 Å². The quantitative estimate of drug-likeness (QED) is 0.502. The summed E-state index contributed by atoms with van der Waals surface area (Å²) in [5, 5.41) is 16.4. The average Bonchev–Trinajstić information content (AvgIpc) is 3.28. The van der Waals surface area contributed by atoms with E-state index >= 15 is 0 Å². The summed E-state index contributed by atoms with van der Waals surface area (Å²) in [6.07, 6.45) is 2.24. The minimum absolute atomic E-state index is 0.0423. The number of likely N-dealkylation sites (tertiary alicyclic amines) is 1. The van der Waals surface area contributed by atoms with E-state index in [-0.39, 0.29) is 28.8 Å². The molecule has 1 aliphatic heterocycles. The fourth-order valence-electron chi connectivity index (χ4n) is 3.72. The Balaban J connectivity index is 1.81. The van der Waals surface area contributed by atoms with Crippen LogP contribution in [-0.4, -0.2) is 49.6 Å². The van der Waals surface area contributed by atoms with Crippen molar-refractivity contribution in [3.8, 4) is 11.5 Å². The summed E-state index contributed by atoms with van der Waals surface area (Å²) in [5.74, 6) is 0.677. The van der Waals surface area contributed by atoms with Crippen LogP contribution in [0.25, 0.3) is 0 Å². The topological polar surface area (TPSA) is 93.9 Å². The fraction of sp³-hybridized carbons (Fsp3) is 0.476. The van der Waals surface area contributed by atoms with E-state index in [1.807, 2.05) is 11.4 Å². The van der Waals surface area contributed by atoms with Gasteiger partial charge < -0.3 is 14.8 Å². The van der Waals surface area contributed by atoms with Crippen LogP contribution in [0.5, 0.6) is 11.5 Å². The lowest BCUT2D eigenvalue weighted by molar-refractivity contribution is -0.385. The smallest absolute Gasteiger partial charge is 0.286 e. The molecule has 1 N–H and O–H groups in total. The van der Waals surface area contributed by atoms with Crippen molar-refractivity contribution in [2.24, 2.45) is 5.92 Å². The number of nitro groups is 1. The monoisotopic (exact) mass is 433 g/mol. The third-order valence-electron chi connectivity index (χ3n) is 5.53. The standard InChI is InChI=1S/C21H27N3O5S/c1-14-6-8-23(9-7-14)17(20-5-4-10-30-20)13-22-21(25)15-11-18(28-2)19(29-3)12-16(15)24(26)27/h4-5,10-12,14,17H,6-9,13H2,1-3H3,(H,22,25). The van der Waals surface area contributed by atoms with Gasteiger partial charge in [-0.1, -0.05) is 13.0 Å². The van der Waals surface area contributed by atoms with E-state index in [2.05, 4.69) is 23.2 Å². The van der Waals surface area contributed by atoms with Crippen LogP contribution in [0.2, 0.25) is 0 Å². The molecule has 0 saturated carbocycles. The summed E-state index contributed by atoms with van der Waals surface area (Å²) in [7, 11) is 2.82. The number of ether oxygens (including phenoxy) is 2. The van der Waals surface area contributed by atoms with Gasteiger partial charge in [-0.3, -0.25) is 19.8 Å². The molecule has 1 unspecified atom stereocenters. The molecule has 0 bridgehead atoms. The Bertz CT molecular complexity index is 879. The van der Waals surface area contributed by atoms with Gasteiger partial charge in [0, 0.05) is 17.5 Å². The number of carbonyl (C=O) groups is 1. The maximum Gasteiger partial charge on any atom is 0.286 e. The first kappa shape index (κ1) is 22.0. The van der Waals surface area contributed by atoms with Gasteiger partial charge in [0.05, 0.1) is 31.3 Å². The first-order valence-corrected chi connectivity index (χ1v) is 10.8. The third kappa shape index (κ3) is 4.91. The van der Waals surface area contributed by atoms with Crippen molar-refractivity contribution in [1.82, 2.24) is 10.2 Å². The largest absolute Gasteiger partial charge is 0.493 e. The zero-order valence-electron chi connectivity index (χ0n) is 17.4. The molecular weight excluding hydrogens is 406 g/mol. The molecule has 1 fully saturated rings. The minimum atomic E-state index is -0.584. The lowest BCUT2D eigenvalue weighted by Gasteiger charge is -2.36. The van der Waals surface area contributed by atoms with E-state index in [0.717, 1.165) is 25.9 Å². The summed E-state index contributed by atoms with van der Waals surface area (Å²) in [6, 6.07) is 6.69. The highest BCUT2D eigenvalue weighted by molar-refractivity contribution is 7.10. The zero-order valence-corrected chi connectivity index (χ0v) is 18.2. The number of hydrogen-bond donors (Lipinski definition) is 1.